The van der Waals surface area contributed by atoms with E-state index < -0.39 is 5.97 Å². The van der Waals surface area contributed by atoms with Gasteiger partial charge in [-0.15, -0.1) is 0 Å². The van der Waals surface area contributed by atoms with Gasteiger partial charge in [-0.1, -0.05) is 97.0 Å². The highest BCUT2D eigenvalue weighted by atomic mass is 16.4. The number of hydrogen-bond acceptors (Lipinski definition) is 3. The molecule has 2 fully saturated rings. The lowest BCUT2D eigenvalue weighted by Crippen LogP contribution is -2.43. The van der Waals surface area contributed by atoms with E-state index in [0.29, 0.717) is 24.0 Å². The Morgan fingerprint density at radius 3 is 2.08 bits per heavy atom. The number of phenols is 1. The second-order valence-electron chi connectivity index (χ2n) is 12.8. The molecule has 1 aromatic rings. The molecule has 3 aliphatic carbocycles. The molecular formula is C34H56O4. The number of benzene rings is 1. The van der Waals surface area contributed by atoms with E-state index in [4.69, 9.17) is 5.11 Å². The molecule has 0 heterocycles. The van der Waals surface area contributed by atoms with Crippen LogP contribution >= 0.6 is 0 Å². The zero-order valence-corrected chi connectivity index (χ0v) is 24.4. The number of carboxylic acids is 1. The molecule has 4 rings (SSSR count). The van der Waals surface area contributed by atoms with Crippen molar-refractivity contribution in [3.05, 3.63) is 29.3 Å². The van der Waals surface area contributed by atoms with E-state index in [1.54, 1.807) is 0 Å². The Labute approximate surface area is 232 Å². The number of aliphatic carboxylic acids is 1. The Morgan fingerprint density at radius 1 is 0.868 bits per heavy atom. The molecule has 5 atom stereocenters. The number of carbonyl (C=O) groups is 1. The largest absolute Gasteiger partial charge is 0.508 e. The van der Waals surface area contributed by atoms with Crippen LogP contribution in [0.5, 0.6) is 5.75 Å². The first kappa shape index (κ1) is 31.0. The number of aryl methyl sites for hydroxylation is 1. The first-order valence-corrected chi connectivity index (χ1v) is 16.1. The molecule has 0 radical (unpaired) electrons. The quantitative estimate of drug-likeness (QED) is 0.210. The van der Waals surface area contributed by atoms with Gasteiger partial charge in [-0.25, -0.2) is 0 Å². The number of unbranched alkanes of at least 4 members (excludes halogenated alkanes) is 12. The summed E-state index contributed by atoms with van der Waals surface area (Å²) in [5.74, 6) is 1.83. The van der Waals surface area contributed by atoms with Crippen LogP contribution in [0.2, 0.25) is 0 Å². The number of fused-ring (bicyclic) bond motifs is 5. The highest BCUT2D eigenvalue weighted by molar-refractivity contribution is 5.66. The fraction of sp³-hybridized carbons (Fsp3) is 0.794. The minimum atomic E-state index is -0.655. The van der Waals surface area contributed by atoms with Gasteiger partial charge < -0.3 is 15.3 Å². The summed E-state index contributed by atoms with van der Waals surface area (Å²) >= 11 is 0. The molecule has 0 aliphatic heterocycles. The van der Waals surface area contributed by atoms with Gasteiger partial charge in [-0.05, 0) is 91.4 Å². The van der Waals surface area contributed by atoms with Gasteiger partial charge in [-0.3, -0.25) is 4.79 Å². The summed E-state index contributed by atoms with van der Waals surface area (Å²) in [6.45, 7) is 4.58. The van der Waals surface area contributed by atoms with Gasteiger partial charge in [-0.2, -0.15) is 0 Å². The molecule has 216 valence electrons. The van der Waals surface area contributed by atoms with Crippen LogP contribution in [0, 0.1) is 17.3 Å². The smallest absolute Gasteiger partial charge is 0.303 e. The predicted octanol–water partition coefficient (Wildman–Crippen LogP) is 9.16. The normalized spacial score (nSPS) is 27.6. The van der Waals surface area contributed by atoms with Crippen molar-refractivity contribution >= 4 is 5.97 Å². The number of aliphatic hydroxyl groups is 1. The molecule has 0 bridgehead atoms. The Kier molecular flexibility index (Phi) is 13.0. The van der Waals surface area contributed by atoms with Crippen LogP contribution in [0.1, 0.15) is 153 Å². The van der Waals surface area contributed by atoms with Gasteiger partial charge >= 0.3 is 5.97 Å². The lowest BCUT2D eigenvalue weighted by atomic mass is 9.55. The Morgan fingerprint density at radius 2 is 1.47 bits per heavy atom. The van der Waals surface area contributed by atoms with Crippen molar-refractivity contribution in [1.29, 1.82) is 0 Å². The maximum absolute atomic E-state index is 10.4. The number of rotatable bonds is 14. The summed E-state index contributed by atoms with van der Waals surface area (Å²) in [7, 11) is 0. The number of carboxylic acid groups (broad SMARTS) is 1. The number of aromatic hydroxyl groups is 1. The lowest BCUT2D eigenvalue weighted by Gasteiger charge is -2.50. The summed E-state index contributed by atoms with van der Waals surface area (Å²) in [6.07, 6.45) is 24.0. The minimum absolute atomic E-state index is 0.0883. The molecule has 3 N–H and O–H groups in total. The van der Waals surface area contributed by atoms with Crippen molar-refractivity contribution < 1.29 is 20.1 Å². The van der Waals surface area contributed by atoms with Gasteiger partial charge in [0.1, 0.15) is 5.75 Å². The van der Waals surface area contributed by atoms with E-state index in [0.717, 1.165) is 38.0 Å². The molecule has 1 unspecified atom stereocenters. The van der Waals surface area contributed by atoms with Crippen molar-refractivity contribution in [3.63, 3.8) is 0 Å². The topological polar surface area (TPSA) is 77.8 Å². The third kappa shape index (κ3) is 8.73. The van der Waals surface area contributed by atoms with Gasteiger partial charge in [0, 0.05) is 6.42 Å². The molecule has 0 spiro atoms. The monoisotopic (exact) mass is 528 g/mol. The molecule has 3 aliphatic rings. The first-order valence-electron chi connectivity index (χ1n) is 16.1. The van der Waals surface area contributed by atoms with E-state index in [2.05, 4.69) is 19.9 Å². The zero-order chi connectivity index (χ0) is 27.4. The second kappa shape index (κ2) is 15.9. The highest BCUT2D eigenvalue weighted by Gasteiger charge is 2.54. The minimum Gasteiger partial charge on any atom is -0.508 e. The molecule has 0 saturated heterocycles. The van der Waals surface area contributed by atoms with Gasteiger partial charge in [0.25, 0.3) is 0 Å². The van der Waals surface area contributed by atoms with Crippen LogP contribution in [-0.2, 0) is 11.2 Å². The third-order valence-corrected chi connectivity index (χ3v) is 10.2. The Hall–Kier alpha value is -1.55. The van der Waals surface area contributed by atoms with Crippen LogP contribution in [0.15, 0.2) is 18.2 Å². The van der Waals surface area contributed by atoms with E-state index in [1.807, 2.05) is 12.1 Å². The molecular weight excluding hydrogens is 472 g/mol. The summed E-state index contributed by atoms with van der Waals surface area (Å²) in [5, 5.41) is 28.5. The molecule has 38 heavy (non-hydrogen) atoms. The summed E-state index contributed by atoms with van der Waals surface area (Å²) in [5.41, 5.74) is 2.99. The standard InChI is InChI=1S/C18H24O2.C16H32O2/c1-18-9-8-14-13-5-3-12(19)10-11(13)2-4-15(14)16(18)6-7-17(18)20;1-2-3-4-5-6-7-8-9-10-11-12-13-14-15-16(17)18/h3,5,10,14-17,19-20H,2,4,6-9H2,1H3;2-15H2,1H3,(H,17,18)/t14-,15-,16+,17?,18+;/m1./s1. The average Bonchev–Trinajstić information content (AvgIpc) is 3.21. The summed E-state index contributed by atoms with van der Waals surface area (Å²) in [4.78, 5) is 10.3. The fourth-order valence-corrected chi connectivity index (χ4v) is 7.84. The van der Waals surface area contributed by atoms with Crippen molar-refractivity contribution in [3.8, 4) is 5.75 Å². The second-order valence-corrected chi connectivity index (χ2v) is 12.8. The maximum atomic E-state index is 10.4. The van der Waals surface area contributed by atoms with Crippen molar-refractivity contribution in [2.24, 2.45) is 17.3 Å². The predicted molar refractivity (Wildman–Crippen MR) is 157 cm³/mol. The van der Waals surface area contributed by atoms with Crippen molar-refractivity contribution in [2.75, 3.05) is 0 Å². The molecule has 0 amide bonds. The van der Waals surface area contributed by atoms with E-state index in [9.17, 15) is 15.0 Å². The van der Waals surface area contributed by atoms with Crippen LogP contribution in [-0.4, -0.2) is 27.4 Å². The van der Waals surface area contributed by atoms with Crippen molar-refractivity contribution in [2.45, 2.75) is 154 Å². The van der Waals surface area contributed by atoms with Gasteiger partial charge in [0.2, 0.25) is 0 Å². The van der Waals surface area contributed by atoms with Crippen LogP contribution in [0.3, 0.4) is 0 Å². The van der Waals surface area contributed by atoms with E-state index >= 15 is 0 Å². The first-order chi connectivity index (χ1) is 18.4. The average molecular weight is 529 g/mol. The fourth-order valence-electron chi connectivity index (χ4n) is 7.84. The summed E-state index contributed by atoms with van der Waals surface area (Å²) in [6, 6.07) is 5.96. The summed E-state index contributed by atoms with van der Waals surface area (Å²) < 4.78 is 0. The van der Waals surface area contributed by atoms with Crippen LogP contribution in [0.25, 0.3) is 0 Å². The van der Waals surface area contributed by atoms with Gasteiger partial charge in [0.15, 0.2) is 0 Å². The molecule has 4 heteroatoms. The lowest BCUT2D eigenvalue weighted by molar-refractivity contribution is -0.137. The number of aliphatic hydroxyl groups excluding tert-OH is 1. The number of phenolic OH excluding ortho intramolecular Hbond substituents is 1. The van der Waals surface area contributed by atoms with Gasteiger partial charge in [0.05, 0.1) is 6.10 Å². The van der Waals surface area contributed by atoms with Crippen LogP contribution in [0.4, 0.5) is 0 Å². The van der Waals surface area contributed by atoms with Crippen molar-refractivity contribution in [1.82, 2.24) is 0 Å². The SMILES string of the molecule is CCCCCCCCCCCCCCCC(=O)O.C[C@]12CC[C@@H]3c4ccc(O)cc4CC[C@H]3[C@@H]1CCC2O. The van der Waals surface area contributed by atoms with E-state index in [-0.39, 0.29) is 11.5 Å². The molecule has 0 aromatic heterocycles. The molecule has 1 aromatic carbocycles. The maximum Gasteiger partial charge on any atom is 0.303 e. The highest BCUT2D eigenvalue weighted by Crippen LogP contribution is 2.60. The zero-order valence-electron chi connectivity index (χ0n) is 24.4. The molecule has 4 nitrogen and oxygen atoms in total. The molecule has 2 saturated carbocycles. The van der Waals surface area contributed by atoms with Crippen LogP contribution < -0.4 is 0 Å². The third-order valence-electron chi connectivity index (χ3n) is 10.2. The van der Waals surface area contributed by atoms with E-state index in [1.165, 1.54) is 101 Å². The Bertz CT molecular complexity index is 836. The number of hydrogen-bond donors (Lipinski definition) is 3. The Balaban J connectivity index is 0.000000213.